The van der Waals surface area contributed by atoms with Gasteiger partial charge in [-0.15, -0.1) is 0 Å². The molecule has 3 aromatic carbocycles. The summed E-state index contributed by atoms with van der Waals surface area (Å²) in [5.74, 6) is 0. The number of rotatable bonds is 7. The molecule has 1 aliphatic rings. The predicted octanol–water partition coefficient (Wildman–Crippen LogP) is 2.45. The molecule has 1 fully saturated rings. The molecule has 0 aliphatic carbocycles. The van der Waals surface area contributed by atoms with Crippen LogP contribution in [0.3, 0.4) is 0 Å². The zero-order valence-corrected chi connectivity index (χ0v) is 17.8. The van der Waals surface area contributed by atoms with Gasteiger partial charge in [0.15, 0.2) is 6.29 Å². The number of aliphatic hydroxyl groups is 3. The van der Waals surface area contributed by atoms with Crippen molar-refractivity contribution in [1.29, 1.82) is 0 Å². The zero-order chi connectivity index (χ0) is 22.6. The highest BCUT2D eigenvalue weighted by Crippen LogP contribution is 2.41. The number of aliphatic hydroxyl groups excluding tert-OH is 3. The maximum Gasteiger partial charge on any atom is 0.186 e. The van der Waals surface area contributed by atoms with Crippen LogP contribution in [-0.4, -0.2) is 59.7 Å². The van der Waals surface area contributed by atoms with E-state index in [2.05, 4.69) is 0 Å². The molecule has 1 heterocycles. The maximum absolute atomic E-state index is 10.6. The van der Waals surface area contributed by atoms with E-state index in [0.717, 1.165) is 16.7 Å². The van der Waals surface area contributed by atoms with Crippen LogP contribution >= 0.6 is 0 Å². The van der Waals surface area contributed by atoms with Crippen LogP contribution in [0.15, 0.2) is 91.0 Å². The number of hydrogen-bond acceptors (Lipinski definition) is 6. The van der Waals surface area contributed by atoms with Gasteiger partial charge in [-0.3, -0.25) is 0 Å². The summed E-state index contributed by atoms with van der Waals surface area (Å²) in [5, 5.41) is 30.9. The van der Waals surface area contributed by atoms with E-state index in [1.54, 1.807) is 0 Å². The summed E-state index contributed by atoms with van der Waals surface area (Å²) in [5.41, 5.74) is 1.74. The molecule has 32 heavy (non-hydrogen) atoms. The lowest BCUT2D eigenvalue weighted by Gasteiger charge is -2.42. The molecule has 5 atom stereocenters. The van der Waals surface area contributed by atoms with Gasteiger partial charge in [0.25, 0.3) is 0 Å². The molecule has 0 radical (unpaired) electrons. The van der Waals surface area contributed by atoms with Gasteiger partial charge < -0.3 is 29.5 Å². The highest BCUT2D eigenvalue weighted by molar-refractivity contribution is 5.47. The lowest BCUT2D eigenvalue weighted by Crippen LogP contribution is -2.59. The molecule has 0 saturated carbocycles. The van der Waals surface area contributed by atoms with Gasteiger partial charge in [-0.1, -0.05) is 91.0 Å². The number of hydrogen-bond donors (Lipinski definition) is 3. The van der Waals surface area contributed by atoms with Crippen molar-refractivity contribution in [3.63, 3.8) is 0 Å². The SMILES string of the molecule is CO[C@H]1O[C@H](COC(c2ccccc2)(c2ccccc2)c2ccccc2)[C@H](O)[C@H](O)[C@H]1O. The second-order valence-corrected chi connectivity index (χ2v) is 7.84. The van der Waals surface area contributed by atoms with E-state index >= 15 is 0 Å². The lowest BCUT2D eigenvalue weighted by molar-refractivity contribution is -0.299. The summed E-state index contributed by atoms with van der Waals surface area (Å²) in [6.07, 6.45) is -6.08. The van der Waals surface area contributed by atoms with Crippen molar-refractivity contribution in [3.8, 4) is 0 Å². The van der Waals surface area contributed by atoms with E-state index in [1.165, 1.54) is 7.11 Å². The molecule has 6 nitrogen and oxygen atoms in total. The van der Waals surface area contributed by atoms with Gasteiger partial charge in [-0.25, -0.2) is 0 Å². The molecule has 4 rings (SSSR count). The standard InChI is InChI=1S/C26H28O6/c1-30-25-24(29)23(28)22(27)21(32-25)17-31-26(18-11-5-2-6-12-18,19-13-7-3-8-14-19)20-15-9-4-10-16-20/h2-16,21-25,27-29H,17H2,1H3/t21-,22+,23+,24-,25+/m1/s1. The molecular weight excluding hydrogens is 408 g/mol. The fourth-order valence-electron chi connectivity index (χ4n) is 4.22. The van der Waals surface area contributed by atoms with Crippen molar-refractivity contribution in [1.82, 2.24) is 0 Å². The number of ether oxygens (including phenoxy) is 3. The molecule has 6 heteroatoms. The van der Waals surface area contributed by atoms with Gasteiger partial charge in [0, 0.05) is 7.11 Å². The minimum atomic E-state index is -1.41. The molecule has 3 aromatic rings. The molecule has 0 amide bonds. The van der Waals surface area contributed by atoms with Crippen molar-refractivity contribution >= 4 is 0 Å². The third-order valence-electron chi connectivity index (χ3n) is 5.91. The van der Waals surface area contributed by atoms with E-state index < -0.39 is 36.3 Å². The molecule has 0 bridgehead atoms. The van der Waals surface area contributed by atoms with Gasteiger partial charge >= 0.3 is 0 Å². The summed E-state index contributed by atoms with van der Waals surface area (Å²) >= 11 is 0. The van der Waals surface area contributed by atoms with Crippen LogP contribution in [0, 0.1) is 0 Å². The quantitative estimate of drug-likeness (QED) is 0.493. The van der Waals surface area contributed by atoms with Gasteiger partial charge in [-0.05, 0) is 16.7 Å². The Labute approximate surface area is 187 Å². The third-order valence-corrected chi connectivity index (χ3v) is 5.91. The summed E-state index contributed by atoms with van der Waals surface area (Å²) in [6, 6.07) is 29.5. The maximum atomic E-state index is 10.6. The van der Waals surface area contributed by atoms with E-state index in [-0.39, 0.29) is 6.61 Å². The van der Waals surface area contributed by atoms with Crippen molar-refractivity contribution in [3.05, 3.63) is 108 Å². The Balaban J connectivity index is 1.77. The van der Waals surface area contributed by atoms with E-state index in [9.17, 15) is 15.3 Å². The fraction of sp³-hybridized carbons (Fsp3) is 0.308. The van der Waals surface area contributed by atoms with Crippen LogP contribution in [0.5, 0.6) is 0 Å². The normalized spacial score (nSPS) is 26.1. The Bertz CT molecular complexity index is 867. The molecule has 168 valence electrons. The minimum absolute atomic E-state index is 0.0521. The molecule has 1 aliphatic heterocycles. The highest BCUT2D eigenvalue weighted by atomic mass is 16.7. The molecule has 0 aromatic heterocycles. The largest absolute Gasteiger partial charge is 0.387 e. The number of benzene rings is 3. The van der Waals surface area contributed by atoms with Crippen LogP contribution in [0.4, 0.5) is 0 Å². The monoisotopic (exact) mass is 436 g/mol. The molecular formula is C26H28O6. The first-order valence-corrected chi connectivity index (χ1v) is 10.6. The fourth-order valence-corrected chi connectivity index (χ4v) is 4.22. The summed E-state index contributed by atoms with van der Waals surface area (Å²) in [6.45, 7) is -0.0521. The van der Waals surface area contributed by atoms with Crippen molar-refractivity contribution < 1.29 is 29.5 Å². The summed E-state index contributed by atoms with van der Waals surface area (Å²) in [7, 11) is 1.37. The first-order chi connectivity index (χ1) is 15.6. The molecule has 1 saturated heterocycles. The van der Waals surface area contributed by atoms with E-state index in [4.69, 9.17) is 14.2 Å². The van der Waals surface area contributed by atoms with Gasteiger partial charge in [0.05, 0.1) is 6.61 Å². The van der Waals surface area contributed by atoms with Crippen LogP contribution in [0.1, 0.15) is 16.7 Å². The third kappa shape index (κ3) is 4.21. The Morgan fingerprint density at radius 3 is 1.53 bits per heavy atom. The topological polar surface area (TPSA) is 88.4 Å². The Hall–Kier alpha value is -2.58. The Kier molecular flexibility index (Phi) is 7.01. The smallest absolute Gasteiger partial charge is 0.186 e. The molecule has 3 N–H and O–H groups in total. The Morgan fingerprint density at radius 1 is 0.688 bits per heavy atom. The van der Waals surface area contributed by atoms with Crippen molar-refractivity contribution in [2.45, 2.75) is 36.3 Å². The van der Waals surface area contributed by atoms with Gasteiger partial charge in [-0.2, -0.15) is 0 Å². The van der Waals surface area contributed by atoms with Crippen LogP contribution < -0.4 is 0 Å². The zero-order valence-electron chi connectivity index (χ0n) is 17.8. The first kappa shape index (κ1) is 22.6. The van der Waals surface area contributed by atoms with Crippen molar-refractivity contribution in [2.24, 2.45) is 0 Å². The summed E-state index contributed by atoms with van der Waals surface area (Å²) < 4.78 is 17.5. The Morgan fingerprint density at radius 2 is 1.12 bits per heavy atom. The minimum Gasteiger partial charge on any atom is -0.387 e. The predicted molar refractivity (Wildman–Crippen MR) is 119 cm³/mol. The summed E-state index contributed by atoms with van der Waals surface area (Å²) in [4.78, 5) is 0. The molecule has 0 spiro atoms. The average molecular weight is 437 g/mol. The lowest BCUT2D eigenvalue weighted by atomic mass is 9.80. The van der Waals surface area contributed by atoms with Gasteiger partial charge in [0.2, 0.25) is 0 Å². The second-order valence-electron chi connectivity index (χ2n) is 7.84. The van der Waals surface area contributed by atoms with Gasteiger partial charge in [0.1, 0.15) is 30.0 Å². The second kappa shape index (κ2) is 9.92. The van der Waals surface area contributed by atoms with Crippen LogP contribution in [0.25, 0.3) is 0 Å². The van der Waals surface area contributed by atoms with E-state index in [1.807, 2.05) is 91.0 Å². The van der Waals surface area contributed by atoms with E-state index in [0.29, 0.717) is 0 Å². The van der Waals surface area contributed by atoms with Crippen LogP contribution in [-0.2, 0) is 19.8 Å². The van der Waals surface area contributed by atoms with Crippen LogP contribution in [0.2, 0.25) is 0 Å². The highest BCUT2D eigenvalue weighted by Gasteiger charge is 2.46. The first-order valence-electron chi connectivity index (χ1n) is 10.6. The number of methoxy groups -OCH3 is 1. The molecule has 0 unspecified atom stereocenters. The average Bonchev–Trinajstić information content (AvgIpc) is 2.86. The van der Waals surface area contributed by atoms with Crippen molar-refractivity contribution in [2.75, 3.05) is 13.7 Å².